The van der Waals surface area contributed by atoms with Crippen LogP contribution in [0.25, 0.3) is 0 Å². The summed E-state index contributed by atoms with van der Waals surface area (Å²) < 4.78 is 5.92. The van der Waals surface area contributed by atoms with E-state index in [4.69, 9.17) is 4.74 Å². The molecule has 1 heterocycles. The van der Waals surface area contributed by atoms with E-state index in [1.54, 1.807) is 0 Å². The van der Waals surface area contributed by atoms with Gasteiger partial charge in [-0.2, -0.15) is 0 Å². The van der Waals surface area contributed by atoms with Crippen LogP contribution in [0.15, 0.2) is 48.5 Å². The van der Waals surface area contributed by atoms with Crippen molar-refractivity contribution in [2.24, 2.45) is 5.92 Å². The zero-order chi connectivity index (χ0) is 19.3. The molecular weight excluding hydrogens is 384 g/mol. The number of ether oxygens (including phenoxy) is 1. The van der Waals surface area contributed by atoms with Gasteiger partial charge in [-0.15, -0.1) is 12.4 Å². The summed E-state index contributed by atoms with van der Waals surface area (Å²) >= 11 is 0. The summed E-state index contributed by atoms with van der Waals surface area (Å²) in [6.45, 7) is 5.40. The Kier molecular flexibility index (Phi) is 7.57. The van der Waals surface area contributed by atoms with Crippen LogP contribution in [-0.4, -0.2) is 36.5 Å². The van der Waals surface area contributed by atoms with Crippen molar-refractivity contribution in [3.8, 4) is 5.75 Å². The molecule has 0 radical (unpaired) electrons. The molecule has 2 aromatic carbocycles. The molecule has 1 aliphatic carbocycles. The van der Waals surface area contributed by atoms with Crippen LogP contribution in [0.1, 0.15) is 47.2 Å². The number of amides is 1. The number of likely N-dealkylation sites (tertiary alicyclic amines) is 1. The van der Waals surface area contributed by atoms with Crippen LogP contribution in [0.5, 0.6) is 5.75 Å². The number of nitrogens with zero attached hydrogens (tertiary/aromatic N) is 1. The molecule has 156 valence electrons. The Labute approximate surface area is 180 Å². The molecule has 1 N–H and O–H groups in total. The molecule has 1 saturated heterocycles. The molecule has 29 heavy (non-hydrogen) atoms. The average Bonchev–Trinajstić information content (AvgIpc) is 3.55. The number of rotatable bonds is 7. The van der Waals surface area contributed by atoms with E-state index < -0.39 is 0 Å². The standard InChI is InChI=1S/C24H30N2O2.ClH/c1-18-4-2-5-20(14-18)17-28-23-7-3-6-21(15-23)24(27)26-12-10-22(11-13-26)25-16-19-8-9-19;/h2-7,14-15,19,22,25H,8-13,16-17H2,1H3;1H. The first-order chi connectivity index (χ1) is 13.7. The summed E-state index contributed by atoms with van der Waals surface area (Å²) in [5.41, 5.74) is 3.07. The van der Waals surface area contributed by atoms with Gasteiger partial charge in [0.25, 0.3) is 5.91 Å². The van der Waals surface area contributed by atoms with Crippen molar-refractivity contribution in [2.75, 3.05) is 19.6 Å². The smallest absolute Gasteiger partial charge is 0.253 e. The molecule has 0 atom stereocenters. The molecule has 1 amide bonds. The average molecular weight is 415 g/mol. The molecule has 0 spiro atoms. The molecule has 1 aliphatic heterocycles. The Morgan fingerprint density at radius 3 is 2.55 bits per heavy atom. The predicted octanol–water partition coefficient (Wildman–Crippen LogP) is 4.60. The van der Waals surface area contributed by atoms with Gasteiger partial charge >= 0.3 is 0 Å². The van der Waals surface area contributed by atoms with Gasteiger partial charge in [-0.25, -0.2) is 0 Å². The molecule has 0 bridgehead atoms. The molecule has 0 unspecified atom stereocenters. The highest BCUT2D eigenvalue weighted by molar-refractivity contribution is 5.94. The van der Waals surface area contributed by atoms with Crippen molar-refractivity contribution in [1.29, 1.82) is 0 Å². The number of hydrogen-bond acceptors (Lipinski definition) is 3. The summed E-state index contributed by atoms with van der Waals surface area (Å²) in [5.74, 6) is 1.76. The zero-order valence-electron chi connectivity index (χ0n) is 17.1. The van der Waals surface area contributed by atoms with Gasteiger partial charge in [-0.1, -0.05) is 35.9 Å². The summed E-state index contributed by atoms with van der Waals surface area (Å²) in [7, 11) is 0. The monoisotopic (exact) mass is 414 g/mol. The number of aryl methyl sites for hydroxylation is 1. The number of piperidine rings is 1. The normalized spacial score (nSPS) is 16.9. The fourth-order valence-corrected chi connectivity index (χ4v) is 3.81. The topological polar surface area (TPSA) is 41.6 Å². The Hall–Kier alpha value is -2.04. The molecule has 2 aliphatic rings. The predicted molar refractivity (Wildman–Crippen MR) is 119 cm³/mol. The second-order valence-electron chi connectivity index (χ2n) is 8.22. The van der Waals surface area contributed by atoms with Crippen LogP contribution in [0, 0.1) is 12.8 Å². The van der Waals surface area contributed by atoms with Crippen molar-refractivity contribution < 1.29 is 9.53 Å². The van der Waals surface area contributed by atoms with Crippen LogP contribution >= 0.6 is 12.4 Å². The van der Waals surface area contributed by atoms with E-state index in [-0.39, 0.29) is 18.3 Å². The summed E-state index contributed by atoms with van der Waals surface area (Å²) in [4.78, 5) is 14.9. The first-order valence-electron chi connectivity index (χ1n) is 10.5. The first-order valence-corrected chi connectivity index (χ1v) is 10.5. The van der Waals surface area contributed by atoms with Gasteiger partial charge in [0.05, 0.1) is 0 Å². The third-order valence-electron chi connectivity index (χ3n) is 5.74. The maximum absolute atomic E-state index is 12.9. The SMILES string of the molecule is Cc1cccc(COc2cccc(C(=O)N3CCC(NCC4CC4)CC3)c2)c1.Cl. The van der Waals surface area contributed by atoms with E-state index in [9.17, 15) is 4.79 Å². The third kappa shape index (κ3) is 6.22. The van der Waals surface area contributed by atoms with Crippen LogP contribution in [-0.2, 0) is 6.61 Å². The lowest BCUT2D eigenvalue weighted by Crippen LogP contribution is -2.45. The van der Waals surface area contributed by atoms with Gasteiger partial charge in [-0.3, -0.25) is 4.79 Å². The van der Waals surface area contributed by atoms with E-state index in [0.717, 1.165) is 49.7 Å². The minimum Gasteiger partial charge on any atom is -0.489 e. The van der Waals surface area contributed by atoms with Gasteiger partial charge < -0.3 is 15.0 Å². The van der Waals surface area contributed by atoms with Gasteiger partial charge in [0, 0.05) is 24.7 Å². The van der Waals surface area contributed by atoms with Crippen LogP contribution in [0.2, 0.25) is 0 Å². The molecule has 2 aromatic rings. The van der Waals surface area contributed by atoms with Gasteiger partial charge in [0.15, 0.2) is 0 Å². The summed E-state index contributed by atoms with van der Waals surface area (Å²) in [6, 6.07) is 16.4. The zero-order valence-corrected chi connectivity index (χ0v) is 17.9. The van der Waals surface area contributed by atoms with E-state index >= 15 is 0 Å². The molecular formula is C24H31ClN2O2. The molecule has 4 rings (SSSR count). The molecule has 4 nitrogen and oxygen atoms in total. The Balaban J connectivity index is 0.00000240. The minimum absolute atomic E-state index is 0. The van der Waals surface area contributed by atoms with Crippen LogP contribution in [0.3, 0.4) is 0 Å². The number of carbonyl (C=O) groups is 1. The second kappa shape index (κ2) is 10.1. The number of carbonyl (C=O) groups excluding carboxylic acids is 1. The lowest BCUT2D eigenvalue weighted by atomic mass is 10.0. The molecule has 0 aromatic heterocycles. The summed E-state index contributed by atoms with van der Waals surface area (Å²) in [6.07, 6.45) is 4.85. The fraction of sp³-hybridized carbons (Fsp3) is 0.458. The number of nitrogens with one attached hydrogen (secondary N) is 1. The van der Waals surface area contributed by atoms with Crippen molar-refractivity contribution in [2.45, 2.75) is 45.3 Å². The largest absolute Gasteiger partial charge is 0.489 e. The molecule has 2 fully saturated rings. The van der Waals surface area contributed by atoms with Gasteiger partial charge in [0.1, 0.15) is 12.4 Å². The van der Waals surface area contributed by atoms with E-state index in [1.807, 2.05) is 35.2 Å². The third-order valence-corrected chi connectivity index (χ3v) is 5.74. The van der Waals surface area contributed by atoms with E-state index in [0.29, 0.717) is 18.2 Å². The Bertz CT molecular complexity index is 814. The van der Waals surface area contributed by atoms with Crippen LogP contribution < -0.4 is 10.1 Å². The highest BCUT2D eigenvalue weighted by Crippen LogP contribution is 2.28. The van der Waals surface area contributed by atoms with Crippen molar-refractivity contribution in [3.05, 3.63) is 65.2 Å². The highest BCUT2D eigenvalue weighted by atomic mass is 35.5. The quantitative estimate of drug-likeness (QED) is 0.719. The Morgan fingerprint density at radius 1 is 1.07 bits per heavy atom. The lowest BCUT2D eigenvalue weighted by Gasteiger charge is -2.32. The summed E-state index contributed by atoms with van der Waals surface area (Å²) in [5, 5.41) is 3.67. The highest BCUT2D eigenvalue weighted by Gasteiger charge is 2.26. The van der Waals surface area contributed by atoms with Crippen LogP contribution in [0.4, 0.5) is 0 Å². The van der Waals surface area contributed by atoms with E-state index in [2.05, 4.69) is 30.4 Å². The maximum Gasteiger partial charge on any atom is 0.253 e. The number of halogens is 1. The first kappa shape index (κ1) is 21.7. The second-order valence-corrected chi connectivity index (χ2v) is 8.22. The Morgan fingerprint density at radius 2 is 1.83 bits per heavy atom. The minimum atomic E-state index is 0. The molecule has 5 heteroatoms. The fourth-order valence-electron chi connectivity index (χ4n) is 3.81. The lowest BCUT2D eigenvalue weighted by molar-refractivity contribution is 0.0704. The number of hydrogen-bond donors (Lipinski definition) is 1. The van der Waals surface area contributed by atoms with Crippen molar-refractivity contribution >= 4 is 18.3 Å². The van der Waals surface area contributed by atoms with E-state index in [1.165, 1.54) is 18.4 Å². The van der Waals surface area contributed by atoms with Gasteiger partial charge in [0.2, 0.25) is 0 Å². The molecule has 1 saturated carbocycles. The maximum atomic E-state index is 12.9. The number of benzene rings is 2. The van der Waals surface area contributed by atoms with Crippen molar-refractivity contribution in [1.82, 2.24) is 10.2 Å². The van der Waals surface area contributed by atoms with Gasteiger partial charge in [-0.05, 0) is 68.8 Å². The van der Waals surface area contributed by atoms with Crippen molar-refractivity contribution in [3.63, 3.8) is 0 Å².